The second kappa shape index (κ2) is 7.61. The number of anilines is 1. The molecule has 32 heavy (non-hydrogen) atoms. The third-order valence-corrected chi connectivity index (χ3v) is 6.92. The molecule has 3 heterocycles. The first-order valence-electron chi connectivity index (χ1n) is 10.1. The minimum Gasteiger partial charge on any atom is -0.481 e. The van der Waals surface area contributed by atoms with Gasteiger partial charge in [0.25, 0.3) is 0 Å². The van der Waals surface area contributed by atoms with E-state index in [0.29, 0.717) is 18.1 Å². The molecule has 2 aliphatic rings. The number of pyridine rings is 1. The molecular weight excluding hydrogens is 432 g/mol. The molecule has 166 valence electrons. The lowest BCUT2D eigenvalue weighted by Gasteiger charge is -2.25. The maximum absolute atomic E-state index is 13.1. The summed E-state index contributed by atoms with van der Waals surface area (Å²) in [5.41, 5.74) is 4.41. The average molecular weight is 455 g/mol. The summed E-state index contributed by atoms with van der Waals surface area (Å²) in [5.74, 6) is 0.747. The van der Waals surface area contributed by atoms with Crippen molar-refractivity contribution in [3.8, 4) is 22.9 Å². The van der Waals surface area contributed by atoms with Gasteiger partial charge < -0.3 is 14.8 Å². The Balaban J connectivity index is 1.50. The van der Waals surface area contributed by atoms with E-state index >= 15 is 0 Å². The van der Waals surface area contributed by atoms with Gasteiger partial charge in [0.1, 0.15) is 11.0 Å². The highest BCUT2D eigenvalue weighted by molar-refractivity contribution is 7.91. The van der Waals surface area contributed by atoms with Gasteiger partial charge in [-0.3, -0.25) is 0 Å². The van der Waals surface area contributed by atoms with Crippen LogP contribution >= 0.6 is 0 Å². The average Bonchev–Trinajstić information content (AvgIpc) is 3.28. The number of nitrogens with two attached hydrogens (primary N) is 1. The van der Waals surface area contributed by atoms with Crippen LogP contribution < -0.4 is 19.9 Å². The zero-order chi connectivity index (χ0) is 22.5. The van der Waals surface area contributed by atoms with E-state index in [1.165, 1.54) is 6.20 Å². The third-order valence-electron chi connectivity index (χ3n) is 5.58. The maximum Gasteiger partial charge on any atom is 0.354 e. The predicted molar refractivity (Wildman–Crippen MR) is 118 cm³/mol. The molecule has 2 amide bonds. The Labute approximate surface area is 185 Å². The summed E-state index contributed by atoms with van der Waals surface area (Å²) in [4.78, 5) is 17.1. The molecule has 3 aromatic rings. The van der Waals surface area contributed by atoms with Crippen LogP contribution in [0.4, 0.5) is 10.5 Å². The van der Waals surface area contributed by atoms with Crippen molar-refractivity contribution in [3.63, 3.8) is 0 Å². The summed E-state index contributed by atoms with van der Waals surface area (Å²) in [6.07, 6.45) is 4.61. The van der Waals surface area contributed by atoms with Crippen LogP contribution in [0.25, 0.3) is 11.1 Å². The van der Waals surface area contributed by atoms with E-state index < -0.39 is 15.9 Å². The predicted octanol–water partition coefficient (Wildman–Crippen LogP) is 2.77. The molecular formula is C21H22N6O4S. The van der Waals surface area contributed by atoms with E-state index in [9.17, 15) is 9.00 Å². The van der Waals surface area contributed by atoms with Crippen molar-refractivity contribution in [2.45, 2.75) is 37.3 Å². The standard InChI is InChI=1S/C21H22N6O4S/c1-12-11-27-20(31-12)17(10-24-27)32(22,29)26-21(28)25-19-15-5-3-13(15)4-6-16(19)14-7-8-23-18(9-14)30-2/h4,6-10,12H,3,5,11H2,1-2H3,(H3,22,25,26,28,29). The van der Waals surface area contributed by atoms with E-state index in [4.69, 9.17) is 14.6 Å². The Morgan fingerprint density at radius 2 is 2.22 bits per heavy atom. The van der Waals surface area contributed by atoms with Crippen molar-refractivity contribution in [2.24, 2.45) is 9.50 Å². The second-order valence-corrected chi connectivity index (χ2v) is 9.49. The smallest absolute Gasteiger partial charge is 0.354 e. The Morgan fingerprint density at radius 3 is 2.97 bits per heavy atom. The number of urea groups is 1. The molecule has 2 atom stereocenters. The van der Waals surface area contributed by atoms with Gasteiger partial charge in [0, 0.05) is 17.8 Å². The van der Waals surface area contributed by atoms with Gasteiger partial charge in [-0.1, -0.05) is 12.1 Å². The third kappa shape index (κ3) is 3.49. The monoisotopic (exact) mass is 454 g/mol. The van der Waals surface area contributed by atoms with Gasteiger partial charge in [0.05, 0.1) is 25.5 Å². The topological polar surface area (TPSA) is 134 Å². The second-order valence-electron chi connectivity index (χ2n) is 7.73. The Hall–Kier alpha value is -3.44. The Bertz CT molecular complexity index is 1360. The molecule has 2 unspecified atom stereocenters. The van der Waals surface area contributed by atoms with Crippen LogP contribution in [-0.2, 0) is 29.3 Å². The minimum absolute atomic E-state index is 0.108. The van der Waals surface area contributed by atoms with E-state index in [2.05, 4.69) is 19.8 Å². The summed E-state index contributed by atoms with van der Waals surface area (Å²) >= 11 is 0. The number of carbonyl (C=O) groups excluding carboxylic acids is 1. The van der Waals surface area contributed by atoms with Crippen LogP contribution in [0.2, 0.25) is 0 Å². The number of hydrogen-bond donors (Lipinski definition) is 2. The summed E-state index contributed by atoms with van der Waals surface area (Å²) < 4.78 is 29.3. The number of benzene rings is 1. The number of nitrogens with zero attached hydrogens (tertiary/aromatic N) is 4. The van der Waals surface area contributed by atoms with Gasteiger partial charge in [0.15, 0.2) is 9.92 Å². The molecule has 2 aromatic heterocycles. The normalized spacial score (nSPS) is 17.9. The van der Waals surface area contributed by atoms with Crippen molar-refractivity contribution in [2.75, 3.05) is 12.4 Å². The number of aryl methyl sites for hydroxylation is 1. The summed E-state index contributed by atoms with van der Waals surface area (Å²) in [6, 6.07) is 6.78. The SMILES string of the molecule is COc1cc(-c2ccc3c(c2NC(=O)N=S(N)(=O)c2cnn4c2OC(C)C4)CC3)ccn1. The summed E-state index contributed by atoms with van der Waals surface area (Å²) in [7, 11) is -2.01. The number of amides is 2. The highest BCUT2D eigenvalue weighted by Gasteiger charge is 2.29. The zero-order valence-electron chi connectivity index (χ0n) is 17.6. The summed E-state index contributed by atoms with van der Waals surface area (Å²) in [6.45, 7) is 2.38. The molecule has 3 N–H and O–H groups in total. The van der Waals surface area contributed by atoms with Gasteiger partial charge in [-0.15, -0.1) is 4.36 Å². The largest absolute Gasteiger partial charge is 0.481 e. The van der Waals surface area contributed by atoms with Crippen molar-refractivity contribution in [1.29, 1.82) is 0 Å². The van der Waals surface area contributed by atoms with Crippen LogP contribution in [0, 0.1) is 0 Å². The molecule has 0 radical (unpaired) electrons. The molecule has 1 aromatic carbocycles. The van der Waals surface area contributed by atoms with E-state index in [-0.39, 0.29) is 16.9 Å². The molecule has 10 nitrogen and oxygen atoms in total. The fourth-order valence-electron chi connectivity index (χ4n) is 3.95. The van der Waals surface area contributed by atoms with E-state index in [1.807, 2.05) is 25.1 Å². The Morgan fingerprint density at radius 1 is 1.38 bits per heavy atom. The van der Waals surface area contributed by atoms with Crippen molar-refractivity contribution in [1.82, 2.24) is 14.8 Å². The maximum atomic E-state index is 13.1. The van der Waals surface area contributed by atoms with Gasteiger partial charge in [-0.2, -0.15) is 5.10 Å². The fraction of sp³-hybridized carbons (Fsp3) is 0.286. The molecule has 1 aliphatic carbocycles. The number of rotatable bonds is 4. The highest BCUT2D eigenvalue weighted by atomic mass is 32.2. The summed E-state index contributed by atoms with van der Waals surface area (Å²) in [5, 5.41) is 12.9. The lowest BCUT2D eigenvalue weighted by molar-refractivity contribution is 0.248. The van der Waals surface area contributed by atoms with Crippen LogP contribution in [0.5, 0.6) is 11.8 Å². The van der Waals surface area contributed by atoms with Crippen molar-refractivity contribution in [3.05, 3.63) is 47.8 Å². The van der Waals surface area contributed by atoms with Gasteiger partial charge >= 0.3 is 6.03 Å². The number of nitrogens with one attached hydrogen (secondary N) is 1. The lowest BCUT2D eigenvalue weighted by atomic mass is 9.84. The number of methoxy groups -OCH3 is 1. The molecule has 0 fully saturated rings. The molecule has 1 aliphatic heterocycles. The molecule has 0 saturated carbocycles. The first kappa shape index (κ1) is 20.5. The highest BCUT2D eigenvalue weighted by Crippen LogP contribution is 2.39. The van der Waals surface area contributed by atoms with Crippen molar-refractivity contribution < 1.29 is 18.5 Å². The zero-order valence-corrected chi connectivity index (χ0v) is 18.4. The first-order chi connectivity index (χ1) is 15.4. The molecule has 11 heteroatoms. The molecule has 0 spiro atoms. The van der Waals surface area contributed by atoms with Crippen LogP contribution in [0.3, 0.4) is 0 Å². The fourth-order valence-corrected chi connectivity index (χ4v) is 4.94. The molecule has 0 saturated heterocycles. The number of fused-ring (bicyclic) bond motifs is 2. The lowest BCUT2D eigenvalue weighted by Crippen LogP contribution is -2.20. The number of carbonyl (C=O) groups is 1. The first-order valence-corrected chi connectivity index (χ1v) is 11.7. The van der Waals surface area contributed by atoms with Crippen LogP contribution in [0.1, 0.15) is 18.1 Å². The Kier molecular flexibility index (Phi) is 4.86. The van der Waals surface area contributed by atoms with Crippen LogP contribution in [0.15, 0.2) is 45.9 Å². The van der Waals surface area contributed by atoms with Crippen molar-refractivity contribution >= 4 is 21.6 Å². The molecule has 0 bridgehead atoms. The number of aromatic nitrogens is 3. The molecule has 5 rings (SSSR count). The van der Waals surface area contributed by atoms with Gasteiger partial charge in [-0.25, -0.2) is 23.8 Å². The number of ether oxygens (including phenoxy) is 2. The van der Waals surface area contributed by atoms with Crippen LogP contribution in [-0.4, -0.2) is 38.2 Å². The number of hydrogen-bond acceptors (Lipinski definition) is 6. The minimum atomic E-state index is -3.55. The van der Waals surface area contributed by atoms with E-state index in [0.717, 1.165) is 35.1 Å². The van der Waals surface area contributed by atoms with Gasteiger partial charge in [-0.05, 0) is 42.5 Å². The quantitative estimate of drug-likeness (QED) is 0.623. The van der Waals surface area contributed by atoms with E-state index in [1.54, 1.807) is 24.1 Å². The van der Waals surface area contributed by atoms with Gasteiger partial charge in [0.2, 0.25) is 11.8 Å².